The molecule has 2 aromatic carbocycles. The summed E-state index contributed by atoms with van der Waals surface area (Å²) < 4.78 is 13.6. The van der Waals surface area contributed by atoms with Gasteiger partial charge in [0.2, 0.25) is 0 Å². The van der Waals surface area contributed by atoms with Gasteiger partial charge in [0.25, 0.3) is 5.56 Å². The van der Waals surface area contributed by atoms with Crippen LogP contribution in [0.4, 0.5) is 0 Å². The lowest BCUT2D eigenvalue weighted by atomic mass is 9.96. The molecular formula is C26H25BrN2O5S. The van der Waals surface area contributed by atoms with Gasteiger partial charge in [0.05, 0.1) is 39.0 Å². The zero-order chi connectivity index (χ0) is 25.3. The van der Waals surface area contributed by atoms with E-state index >= 15 is 0 Å². The summed E-state index contributed by atoms with van der Waals surface area (Å²) >= 11 is 4.55. The fourth-order valence-electron chi connectivity index (χ4n) is 3.87. The average molecular weight is 557 g/mol. The minimum atomic E-state index is -0.688. The molecule has 182 valence electrons. The van der Waals surface area contributed by atoms with Crippen molar-refractivity contribution in [2.75, 3.05) is 6.61 Å². The molecule has 35 heavy (non-hydrogen) atoms. The number of carbonyl (C=O) groups is 1. The van der Waals surface area contributed by atoms with Crippen LogP contribution in [-0.4, -0.2) is 28.4 Å². The second kappa shape index (κ2) is 10.2. The third kappa shape index (κ3) is 5.11. The highest BCUT2D eigenvalue weighted by atomic mass is 79.9. The molecule has 1 aliphatic rings. The molecule has 0 radical (unpaired) electrons. The van der Waals surface area contributed by atoms with Crippen LogP contribution in [0.1, 0.15) is 44.9 Å². The number of phenols is 1. The zero-order valence-corrected chi connectivity index (χ0v) is 22.1. The van der Waals surface area contributed by atoms with E-state index < -0.39 is 12.0 Å². The van der Waals surface area contributed by atoms with Gasteiger partial charge in [-0.15, -0.1) is 0 Å². The number of ether oxygens (including phenoxy) is 2. The third-order valence-corrected chi connectivity index (χ3v) is 6.97. The summed E-state index contributed by atoms with van der Waals surface area (Å²) in [4.78, 5) is 31.7. The van der Waals surface area contributed by atoms with Crippen LogP contribution in [0.5, 0.6) is 11.5 Å². The van der Waals surface area contributed by atoms with Gasteiger partial charge in [0.15, 0.2) is 4.80 Å². The highest BCUT2D eigenvalue weighted by Crippen LogP contribution is 2.32. The Bertz CT molecular complexity index is 1490. The van der Waals surface area contributed by atoms with Gasteiger partial charge in [0, 0.05) is 0 Å². The van der Waals surface area contributed by atoms with Gasteiger partial charge in [-0.2, -0.15) is 0 Å². The monoisotopic (exact) mass is 556 g/mol. The van der Waals surface area contributed by atoms with E-state index in [2.05, 4.69) is 20.9 Å². The van der Waals surface area contributed by atoms with Crippen LogP contribution >= 0.6 is 27.3 Å². The second-order valence-corrected chi connectivity index (χ2v) is 10.1. The van der Waals surface area contributed by atoms with E-state index in [-0.39, 0.29) is 24.0 Å². The molecule has 0 bridgehead atoms. The smallest absolute Gasteiger partial charge is 0.338 e. The van der Waals surface area contributed by atoms with Crippen molar-refractivity contribution in [1.82, 2.24) is 4.57 Å². The first kappa shape index (κ1) is 24.9. The summed E-state index contributed by atoms with van der Waals surface area (Å²) in [6, 6.07) is 11.7. The number of aromatic nitrogens is 1. The fraction of sp³-hybridized carbons (Fsp3) is 0.269. The minimum Gasteiger partial charge on any atom is -0.507 e. The van der Waals surface area contributed by atoms with Gasteiger partial charge in [-0.1, -0.05) is 29.5 Å². The molecule has 0 spiro atoms. The number of halogens is 1. The Morgan fingerprint density at radius 1 is 1.26 bits per heavy atom. The van der Waals surface area contributed by atoms with Crippen LogP contribution in [-0.2, 0) is 9.53 Å². The molecule has 3 aromatic rings. The molecule has 1 aliphatic heterocycles. The molecular weight excluding hydrogens is 532 g/mol. The van der Waals surface area contributed by atoms with Gasteiger partial charge in [-0.3, -0.25) is 9.36 Å². The van der Waals surface area contributed by atoms with Gasteiger partial charge in [0.1, 0.15) is 11.5 Å². The number of carbonyl (C=O) groups excluding carboxylic acids is 1. The Balaban J connectivity index is 1.89. The molecule has 0 aliphatic carbocycles. The first-order valence-corrected chi connectivity index (χ1v) is 12.7. The highest BCUT2D eigenvalue weighted by Gasteiger charge is 2.33. The Labute approximate surface area is 214 Å². The Morgan fingerprint density at radius 3 is 2.60 bits per heavy atom. The molecule has 0 saturated heterocycles. The number of hydrogen-bond donors (Lipinski definition) is 1. The van der Waals surface area contributed by atoms with Crippen molar-refractivity contribution in [2.45, 2.75) is 39.8 Å². The van der Waals surface area contributed by atoms with Crippen molar-refractivity contribution < 1.29 is 19.4 Å². The standard InChI is InChI=1S/C26H25BrN2O5S/c1-5-33-25(32)22-15(4)28-26-29(23(22)17-7-9-18(10-8-17)34-14(2)3)24(31)21(35-26)13-16-6-11-20(30)19(27)12-16/h6-14,23,30H,5H2,1-4H3/t23-/m1/s1. The maximum Gasteiger partial charge on any atom is 0.338 e. The SMILES string of the molecule is CCOC(=O)C1=C(C)N=c2sc(=Cc3ccc(O)c(Br)c3)c(=O)n2[C@@H]1c1ccc(OC(C)C)cc1. The lowest BCUT2D eigenvalue weighted by Crippen LogP contribution is -2.39. The molecule has 7 nitrogen and oxygen atoms in total. The number of allylic oxidation sites excluding steroid dienone is 1. The van der Waals surface area contributed by atoms with E-state index in [1.54, 1.807) is 42.7 Å². The van der Waals surface area contributed by atoms with Crippen LogP contribution in [0.15, 0.2) is 68.0 Å². The largest absolute Gasteiger partial charge is 0.507 e. The summed E-state index contributed by atoms with van der Waals surface area (Å²) in [5, 5.41) is 9.78. The summed E-state index contributed by atoms with van der Waals surface area (Å²) in [7, 11) is 0. The van der Waals surface area contributed by atoms with Crippen LogP contribution in [0.3, 0.4) is 0 Å². The number of nitrogens with zero attached hydrogens (tertiary/aromatic N) is 2. The number of phenolic OH excluding ortho intramolecular Hbond substituents is 1. The van der Waals surface area contributed by atoms with Crippen LogP contribution < -0.4 is 19.6 Å². The summed E-state index contributed by atoms with van der Waals surface area (Å²) in [6.45, 7) is 7.60. The van der Waals surface area contributed by atoms with Crippen molar-refractivity contribution in [2.24, 2.45) is 4.99 Å². The Hall–Kier alpha value is -3.17. The van der Waals surface area contributed by atoms with E-state index in [9.17, 15) is 14.7 Å². The van der Waals surface area contributed by atoms with E-state index in [0.717, 1.165) is 11.1 Å². The van der Waals surface area contributed by atoms with Gasteiger partial charge in [-0.05, 0) is 85.1 Å². The van der Waals surface area contributed by atoms with E-state index in [0.29, 0.717) is 30.8 Å². The number of benzene rings is 2. The summed E-state index contributed by atoms with van der Waals surface area (Å²) in [5.41, 5.74) is 2.07. The minimum absolute atomic E-state index is 0.0238. The maximum absolute atomic E-state index is 13.6. The van der Waals surface area contributed by atoms with Crippen molar-refractivity contribution in [3.63, 3.8) is 0 Å². The quantitative estimate of drug-likeness (QED) is 0.462. The number of esters is 1. The van der Waals surface area contributed by atoms with E-state index in [4.69, 9.17) is 9.47 Å². The molecule has 1 aromatic heterocycles. The Kier molecular flexibility index (Phi) is 7.28. The molecule has 4 rings (SSSR count). The molecule has 0 saturated carbocycles. The normalized spacial score (nSPS) is 15.7. The molecule has 9 heteroatoms. The molecule has 2 heterocycles. The lowest BCUT2D eigenvalue weighted by molar-refractivity contribution is -0.139. The first-order valence-electron chi connectivity index (χ1n) is 11.1. The number of hydrogen-bond acceptors (Lipinski definition) is 7. The van der Waals surface area contributed by atoms with Gasteiger partial charge < -0.3 is 14.6 Å². The summed E-state index contributed by atoms with van der Waals surface area (Å²) in [5.74, 6) is 0.314. The number of rotatable bonds is 6. The van der Waals surface area contributed by atoms with Crippen LogP contribution in [0, 0.1) is 0 Å². The van der Waals surface area contributed by atoms with E-state index in [1.807, 2.05) is 38.1 Å². The predicted octanol–water partition coefficient (Wildman–Crippen LogP) is 4.05. The van der Waals surface area contributed by atoms with Crippen LogP contribution in [0.2, 0.25) is 0 Å². The molecule has 1 N–H and O–H groups in total. The molecule has 0 unspecified atom stereocenters. The van der Waals surface area contributed by atoms with Gasteiger partial charge >= 0.3 is 5.97 Å². The maximum atomic E-state index is 13.6. The predicted molar refractivity (Wildman–Crippen MR) is 138 cm³/mol. The van der Waals surface area contributed by atoms with Crippen molar-refractivity contribution >= 4 is 39.3 Å². The average Bonchev–Trinajstić information content (AvgIpc) is 3.10. The zero-order valence-electron chi connectivity index (χ0n) is 19.7. The topological polar surface area (TPSA) is 90.1 Å². The lowest BCUT2D eigenvalue weighted by Gasteiger charge is -2.25. The molecule has 0 amide bonds. The summed E-state index contributed by atoms with van der Waals surface area (Å²) in [6.07, 6.45) is 1.77. The van der Waals surface area contributed by atoms with Crippen molar-refractivity contribution in [3.8, 4) is 11.5 Å². The number of fused-ring (bicyclic) bond motifs is 1. The van der Waals surface area contributed by atoms with Crippen molar-refractivity contribution in [1.29, 1.82) is 0 Å². The Morgan fingerprint density at radius 2 is 1.97 bits per heavy atom. The number of thiazole rings is 1. The fourth-order valence-corrected chi connectivity index (χ4v) is 5.32. The van der Waals surface area contributed by atoms with Crippen LogP contribution in [0.25, 0.3) is 6.08 Å². The number of aromatic hydroxyl groups is 1. The van der Waals surface area contributed by atoms with Gasteiger partial charge in [-0.25, -0.2) is 9.79 Å². The molecule has 1 atom stereocenters. The van der Waals surface area contributed by atoms with E-state index in [1.165, 1.54) is 11.3 Å². The highest BCUT2D eigenvalue weighted by molar-refractivity contribution is 9.10. The molecule has 0 fully saturated rings. The first-order chi connectivity index (χ1) is 16.7. The van der Waals surface area contributed by atoms with Crippen molar-refractivity contribution in [3.05, 3.63) is 89.0 Å². The second-order valence-electron chi connectivity index (χ2n) is 8.25. The third-order valence-electron chi connectivity index (χ3n) is 5.35.